The number of rotatable bonds is 6. The first-order valence-corrected chi connectivity index (χ1v) is 8.96. The van der Waals surface area contributed by atoms with Crippen molar-refractivity contribution in [1.29, 1.82) is 0 Å². The second-order valence-corrected chi connectivity index (χ2v) is 6.97. The predicted octanol–water partition coefficient (Wildman–Crippen LogP) is 5.35. The summed E-state index contributed by atoms with van der Waals surface area (Å²) in [4.78, 5) is 12.0. The molecule has 6 nitrogen and oxygen atoms in total. The van der Waals surface area contributed by atoms with Crippen LogP contribution in [0, 0.1) is 5.92 Å². The number of hydrogen-bond acceptors (Lipinski definition) is 4. The van der Waals surface area contributed by atoms with Gasteiger partial charge in [0.2, 0.25) is 5.88 Å². The SMILES string of the molecule is CC(C)Cn1c(O)c(N=NC(=O)COc2cccc(Cl)c2)c2ccccc21. The molecule has 0 spiro atoms. The van der Waals surface area contributed by atoms with E-state index >= 15 is 0 Å². The van der Waals surface area contributed by atoms with Gasteiger partial charge in [-0.1, -0.05) is 49.7 Å². The number of hydrogen-bond donors (Lipinski definition) is 1. The number of carbonyl (C=O) groups is 1. The molecule has 1 N–H and O–H groups in total. The van der Waals surface area contributed by atoms with Gasteiger partial charge in [-0.3, -0.25) is 4.79 Å². The number of amides is 1. The summed E-state index contributed by atoms with van der Waals surface area (Å²) < 4.78 is 7.14. The number of para-hydroxylation sites is 1. The van der Waals surface area contributed by atoms with Gasteiger partial charge in [0, 0.05) is 17.0 Å². The van der Waals surface area contributed by atoms with Crippen LogP contribution in [-0.2, 0) is 11.3 Å². The predicted molar refractivity (Wildman–Crippen MR) is 105 cm³/mol. The fourth-order valence-electron chi connectivity index (χ4n) is 2.76. The number of carbonyl (C=O) groups excluding carboxylic acids is 1. The Hall–Kier alpha value is -2.86. The maximum atomic E-state index is 12.0. The average Bonchev–Trinajstić information content (AvgIpc) is 2.90. The van der Waals surface area contributed by atoms with Crippen LogP contribution in [0.1, 0.15) is 13.8 Å². The molecule has 3 rings (SSSR count). The number of benzene rings is 2. The third-order valence-electron chi connectivity index (χ3n) is 3.89. The highest BCUT2D eigenvalue weighted by Crippen LogP contribution is 2.39. The van der Waals surface area contributed by atoms with Crippen LogP contribution < -0.4 is 4.74 Å². The molecule has 0 bridgehead atoms. The summed E-state index contributed by atoms with van der Waals surface area (Å²) >= 11 is 5.88. The number of azo groups is 1. The molecule has 0 radical (unpaired) electrons. The quantitative estimate of drug-likeness (QED) is 0.581. The molecule has 0 atom stereocenters. The van der Waals surface area contributed by atoms with Crippen molar-refractivity contribution in [3.63, 3.8) is 0 Å². The molecule has 3 aromatic rings. The van der Waals surface area contributed by atoms with Gasteiger partial charge < -0.3 is 14.4 Å². The minimum atomic E-state index is -0.560. The number of nitrogens with zero attached hydrogens (tertiary/aromatic N) is 3. The maximum absolute atomic E-state index is 12.0. The molecule has 1 heterocycles. The van der Waals surface area contributed by atoms with Crippen molar-refractivity contribution in [1.82, 2.24) is 4.57 Å². The van der Waals surface area contributed by atoms with Gasteiger partial charge in [0.25, 0.3) is 0 Å². The largest absolute Gasteiger partial charge is 0.493 e. The van der Waals surface area contributed by atoms with Crippen LogP contribution in [0.4, 0.5) is 5.69 Å². The van der Waals surface area contributed by atoms with Crippen LogP contribution in [0.25, 0.3) is 10.9 Å². The van der Waals surface area contributed by atoms with Crippen LogP contribution >= 0.6 is 11.6 Å². The normalized spacial score (nSPS) is 11.6. The Kier molecular flexibility index (Phi) is 5.76. The average molecular weight is 386 g/mol. The van der Waals surface area contributed by atoms with Crippen molar-refractivity contribution < 1.29 is 14.6 Å². The van der Waals surface area contributed by atoms with Gasteiger partial charge in [0.05, 0.1) is 5.52 Å². The van der Waals surface area contributed by atoms with E-state index in [1.165, 1.54) is 0 Å². The fourth-order valence-corrected chi connectivity index (χ4v) is 2.94. The Balaban J connectivity index is 1.79. The summed E-state index contributed by atoms with van der Waals surface area (Å²) in [5, 5.41) is 19.5. The number of aromatic hydroxyl groups is 1. The Labute approximate surface area is 162 Å². The Morgan fingerprint density at radius 1 is 1.22 bits per heavy atom. The zero-order valence-electron chi connectivity index (χ0n) is 15.1. The lowest BCUT2D eigenvalue weighted by Crippen LogP contribution is -2.07. The van der Waals surface area contributed by atoms with Crippen molar-refractivity contribution in [2.24, 2.45) is 16.1 Å². The molecule has 140 valence electrons. The van der Waals surface area contributed by atoms with Crippen LogP contribution in [0.2, 0.25) is 5.02 Å². The second kappa shape index (κ2) is 8.22. The highest BCUT2D eigenvalue weighted by molar-refractivity contribution is 6.30. The molecule has 0 unspecified atom stereocenters. The number of aromatic nitrogens is 1. The van der Waals surface area contributed by atoms with Gasteiger partial charge in [-0.15, -0.1) is 10.2 Å². The van der Waals surface area contributed by atoms with Gasteiger partial charge in [-0.2, -0.15) is 0 Å². The lowest BCUT2D eigenvalue weighted by atomic mass is 10.2. The molecule has 27 heavy (non-hydrogen) atoms. The van der Waals surface area contributed by atoms with Crippen LogP contribution in [0.3, 0.4) is 0 Å². The van der Waals surface area contributed by atoms with Crippen molar-refractivity contribution in [3.05, 3.63) is 53.6 Å². The lowest BCUT2D eigenvalue weighted by molar-refractivity contribution is -0.120. The lowest BCUT2D eigenvalue weighted by Gasteiger charge is -2.09. The van der Waals surface area contributed by atoms with E-state index in [2.05, 4.69) is 24.1 Å². The molecule has 1 aromatic heterocycles. The second-order valence-electron chi connectivity index (χ2n) is 6.53. The molecule has 7 heteroatoms. The highest BCUT2D eigenvalue weighted by Gasteiger charge is 2.17. The zero-order valence-corrected chi connectivity index (χ0v) is 15.8. The Bertz CT molecular complexity index is 995. The number of fused-ring (bicyclic) bond motifs is 1. The first-order chi connectivity index (χ1) is 13.0. The van der Waals surface area contributed by atoms with Gasteiger partial charge in [0.15, 0.2) is 12.3 Å². The summed E-state index contributed by atoms with van der Waals surface area (Å²) in [6.07, 6.45) is 0. The Morgan fingerprint density at radius 3 is 2.74 bits per heavy atom. The van der Waals surface area contributed by atoms with E-state index in [1.807, 2.05) is 24.3 Å². The molecule has 0 aliphatic heterocycles. The van der Waals surface area contributed by atoms with Crippen molar-refractivity contribution in [2.45, 2.75) is 20.4 Å². The molecule has 0 saturated carbocycles. The van der Waals surface area contributed by atoms with E-state index in [4.69, 9.17) is 16.3 Å². The molecule has 0 aliphatic carbocycles. The molecular weight excluding hydrogens is 366 g/mol. The summed E-state index contributed by atoms with van der Waals surface area (Å²) in [6.45, 7) is 4.49. The molecule has 1 amide bonds. The van der Waals surface area contributed by atoms with Crippen molar-refractivity contribution >= 4 is 34.1 Å². The van der Waals surface area contributed by atoms with Crippen molar-refractivity contribution in [3.8, 4) is 11.6 Å². The van der Waals surface area contributed by atoms with Crippen LogP contribution in [0.15, 0.2) is 58.8 Å². The molecule has 0 aliphatic rings. The van der Waals surface area contributed by atoms with Crippen molar-refractivity contribution in [2.75, 3.05) is 6.61 Å². The van der Waals surface area contributed by atoms with E-state index in [1.54, 1.807) is 28.8 Å². The zero-order chi connectivity index (χ0) is 19.4. The third-order valence-corrected chi connectivity index (χ3v) is 4.12. The minimum Gasteiger partial charge on any atom is -0.493 e. The molecule has 0 saturated heterocycles. The molecule has 0 fully saturated rings. The smallest absolute Gasteiger partial charge is 0.302 e. The first-order valence-electron chi connectivity index (χ1n) is 8.59. The maximum Gasteiger partial charge on any atom is 0.302 e. The van der Waals surface area contributed by atoms with Crippen LogP contribution in [-0.4, -0.2) is 22.2 Å². The van der Waals surface area contributed by atoms with Gasteiger partial charge >= 0.3 is 5.91 Å². The first kappa shape index (κ1) is 18.9. The standard InChI is InChI=1S/C20H20ClN3O3/c1-13(2)11-24-17-9-4-3-8-16(17)19(20(24)26)23-22-18(25)12-27-15-7-5-6-14(21)10-15/h3-10,13,26H,11-12H2,1-2H3. The number of halogens is 1. The van der Waals surface area contributed by atoms with E-state index in [-0.39, 0.29) is 18.2 Å². The van der Waals surface area contributed by atoms with E-state index < -0.39 is 5.91 Å². The van der Waals surface area contributed by atoms with Gasteiger partial charge in [0.1, 0.15) is 5.75 Å². The van der Waals surface area contributed by atoms with Crippen LogP contribution in [0.5, 0.6) is 11.6 Å². The van der Waals surface area contributed by atoms with E-state index in [0.717, 1.165) is 10.9 Å². The van der Waals surface area contributed by atoms with E-state index in [0.29, 0.717) is 23.2 Å². The summed E-state index contributed by atoms with van der Waals surface area (Å²) in [5.41, 5.74) is 1.13. The number of ether oxygens (including phenoxy) is 1. The summed E-state index contributed by atoms with van der Waals surface area (Å²) in [6, 6.07) is 14.2. The van der Waals surface area contributed by atoms with Gasteiger partial charge in [-0.05, 0) is 30.2 Å². The summed E-state index contributed by atoms with van der Waals surface area (Å²) in [7, 11) is 0. The highest BCUT2D eigenvalue weighted by atomic mass is 35.5. The topological polar surface area (TPSA) is 76.2 Å². The van der Waals surface area contributed by atoms with Gasteiger partial charge in [-0.25, -0.2) is 0 Å². The van der Waals surface area contributed by atoms with E-state index in [9.17, 15) is 9.90 Å². The summed E-state index contributed by atoms with van der Waals surface area (Å²) in [5.74, 6) is 0.249. The Morgan fingerprint density at radius 2 is 2.00 bits per heavy atom. The molecular formula is C20H20ClN3O3. The monoisotopic (exact) mass is 385 g/mol. The third kappa shape index (κ3) is 4.46. The minimum absolute atomic E-state index is 0.00258. The fraction of sp³-hybridized carbons (Fsp3) is 0.250. The molecule has 2 aromatic carbocycles.